The zero-order chi connectivity index (χ0) is 11.9. The summed E-state index contributed by atoms with van der Waals surface area (Å²) in [6.07, 6.45) is -3.66. The Hall–Kier alpha value is -0.370. The van der Waals surface area contributed by atoms with E-state index in [1.165, 1.54) is 0 Å². The number of alkyl halides is 3. The van der Waals surface area contributed by atoms with Gasteiger partial charge in [0.2, 0.25) is 0 Å². The molecular formula is C9H17F3N2O2. The number of hydrazine groups is 1. The van der Waals surface area contributed by atoms with Crippen molar-refractivity contribution in [2.75, 3.05) is 46.1 Å². The summed E-state index contributed by atoms with van der Waals surface area (Å²) >= 11 is 0. The Morgan fingerprint density at radius 1 is 1.25 bits per heavy atom. The van der Waals surface area contributed by atoms with Gasteiger partial charge in [-0.05, 0) is 6.42 Å². The number of rotatable bonds is 6. The smallest absolute Gasteiger partial charge is 0.379 e. The van der Waals surface area contributed by atoms with Crippen molar-refractivity contribution < 1.29 is 22.6 Å². The van der Waals surface area contributed by atoms with Crippen LogP contribution in [0.25, 0.3) is 0 Å². The van der Waals surface area contributed by atoms with Crippen molar-refractivity contribution in [3.8, 4) is 0 Å². The van der Waals surface area contributed by atoms with Crippen molar-refractivity contribution in [3.05, 3.63) is 0 Å². The summed E-state index contributed by atoms with van der Waals surface area (Å²) < 4.78 is 44.7. The molecule has 1 rings (SSSR count). The maximum atomic E-state index is 11.7. The van der Waals surface area contributed by atoms with Crippen LogP contribution < -0.4 is 5.43 Å². The first kappa shape index (κ1) is 13.7. The molecule has 0 radical (unpaired) electrons. The van der Waals surface area contributed by atoms with Gasteiger partial charge >= 0.3 is 6.18 Å². The third kappa shape index (κ3) is 7.00. The van der Waals surface area contributed by atoms with E-state index in [1.807, 2.05) is 5.01 Å². The minimum absolute atomic E-state index is 0.122. The zero-order valence-electron chi connectivity index (χ0n) is 9.05. The molecule has 0 aromatic heterocycles. The molecule has 16 heavy (non-hydrogen) atoms. The molecule has 0 saturated carbocycles. The van der Waals surface area contributed by atoms with Crippen LogP contribution in [0.5, 0.6) is 0 Å². The lowest BCUT2D eigenvalue weighted by atomic mass is 10.4. The molecule has 0 unspecified atom stereocenters. The fourth-order valence-electron chi connectivity index (χ4n) is 1.32. The van der Waals surface area contributed by atoms with Crippen molar-refractivity contribution in [2.24, 2.45) is 0 Å². The van der Waals surface area contributed by atoms with Crippen LogP contribution in [0.15, 0.2) is 0 Å². The lowest BCUT2D eigenvalue weighted by molar-refractivity contribution is -0.174. The van der Waals surface area contributed by atoms with Crippen molar-refractivity contribution >= 4 is 0 Å². The van der Waals surface area contributed by atoms with Crippen LogP contribution in [0.4, 0.5) is 13.2 Å². The Kier molecular flexibility index (Phi) is 6.04. The van der Waals surface area contributed by atoms with Crippen molar-refractivity contribution in [3.63, 3.8) is 0 Å². The van der Waals surface area contributed by atoms with E-state index in [4.69, 9.17) is 4.74 Å². The molecule has 96 valence electrons. The van der Waals surface area contributed by atoms with E-state index >= 15 is 0 Å². The molecular weight excluding hydrogens is 225 g/mol. The molecule has 1 heterocycles. The summed E-state index contributed by atoms with van der Waals surface area (Å²) in [6.45, 7) is 2.58. The topological polar surface area (TPSA) is 33.7 Å². The normalized spacial score (nSPS) is 18.9. The quantitative estimate of drug-likeness (QED) is 0.698. The van der Waals surface area contributed by atoms with E-state index in [-0.39, 0.29) is 6.61 Å². The van der Waals surface area contributed by atoms with Gasteiger partial charge in [0.05, 0.1) is 13.2 Å². The van der Waals surface area contributed by atoms with E-state index < -0.39 is 12.8 Å². The molecule has 1 fully saturated rings. The summed E-state index contributed by atoms with van der Waals surface area (Å²) in [7, 11) is 0. The maximum Gasteiger partial charge on any atom is 0.411 e. The molecule has 1 saturated heterocycles. The van der Waals surface area contributed by atoms with E-state index in [1.54, 1.807) is 0 Å². The number of hydrogen-bond donors (Lipinski definition) is 1. The highest BCUT2D eigenvalue weighted by Gasteiger charge is 2.27. The van der Waals surface area contributed by atoms with Crippen LogP contribution in [-0.4, -0.2) is 57.2 Å². The average Bonchev–Trinajstić information content (AvgIpc) is 2.23. The number of nitrogens with one attached hydrogen (secondary N) is 1. The van der Waals surface area contributed by atoms with Crippen LogP contribution >= 0.6 is 0 Å². The van der Waals surface area contributed by atoms with Gasteiger partial charge in [0.1, 0.15) is 6.61 Å². The molecule has 0 aliphatic carbocycles. The standard InChI is InChI=1S/C9H17F3N2O2/c10-9(11,12)8-16-5-1-2-13-14-3-6-15-7-4-14/h13H,1-8H2. The summed E-state index contributed by atoms with van der Waals surface area (Å²) in [5.74, 6) is 0. The highest BCUT2D eigenvalue weighted by molar-refractivity contribution is 4.57. The SMILES string of the molecule is FC(F)(F)COCCCNN1CCOCC1. The highest BCUT2D eigenvalue weighted by atomic mass is 19.4. The number of nitrogens with zero attached hydrogens (tertiary/aromatic N) is 1. The molecule has 7 heteroatoms. The van der Waals surface area contributed by atoms with Crippen LogP contribution in [-0.2, 0) is 9.47 Å². The molecule has 4 nitrogen and oxygen atoms in total. The summed E-state index contributed by atoms with van der Waals surface area (Å²) in [6, 6.07) is 0. The molecule has 1 aliphatic heterocycles. The average molecular weight is 242 g/mol. The maximum absolute atomic E-state index is 11.7. The lowest BCUT2D eigenvalue weighted by Gasteiger charge is -2.27. The Morgan fingerprint density at radius 3 is 2.56 bits per heavy atom. The van der Waals surface area contributed by atoms with Crippen molar-refractivity contribution in [2.45, 2.75) is 12.6 Å². The fraction of sp³-hybridized carbons (Fsp3) is 1.00. The number of hydrogen-bond acceptors (Lipinski definition) is 4. The summed E-state index contributed by atoms with van der Waals surface area (Å²) in [5.41, 5.74) is 3.11. The molecule has 0 bridgehead atoms. The van der Waals surface area contributed by atoms with Crippen LogP contribution in [0.3, 0.4) is 0 Å². The number of ether oxygens (including phenoxy) is 2. The largest absolute Gasteiger partial charge is 0.411 e. The van der Waals surface area contributed by atoms with Crippen LogP contribution in [0.1, 0.15) is 6.42 Å². The summed E-state index contributed by atoms with van der Waals surface area (Å²) in [4.78, 5) is 0. The van der Waals surface area contributed by atoms with E-state index in [0.29, 0.717) is 26.2 Å². The molecule has 0 atom stereocenters. The van der Waals surface area contributed by atoms with Crippen LogP contribution in [0, 0.1) is 0 Å². The minimum Gasteiger partial charge on any atom is -0.379 e. The van der Waals surface area contributed by atoms with Gasteiger partial charge in [0.15, 0.2) is 0 Å². The monoisotopic (exact) mass is 242 g/mol. The Bertz CT molecular complexity index is 184. The second-order valence-corrected chi connectivity index (χ2v) is 3.53. The van der Waals surface area contributed by atoms with Gasteiger partial charge in [0, 0.05) is 26.2 Å². The molecule has 0 amide bonds. The Labute approximate surface area is 92.7 Å². The Morgan fingerprint density at radius 2 is 1.94 bits per heavy atom. The predicted octanol–water partition coefficient (Wildman–Crippen LogP) is 0.792. The number of halogens is 3. The third-order valence-corrected chi connectivity index (χ3v) is 2.08. The first-order valence-corrected chi connectivity index (χ1v) is 5.28. The molecule has 0 spiro atoms. The molecule has 1 aliphatic rings. The first-order valence-electron chi connectivity index (χ1n) is 5.28. The minimum atomic E-state index is -4.22. The van der Waals surface area contributed by atoms with Gasteiger partial charge in [-0.3, -0.25) is 5.43 Å². The second-order valence-electron chi connectivity index (χ2n) is 3.53. The van der Waals surface area contributed by atoms with Gasteiger partial charge in [-0.25, -0.2) is 5.01 Å². The molecule has 0 aromatic carbocycles. The zero-order valence-corrected chi connectivity index (χ0v) is 9.05. The third-order valence-electron chi connectivity index (χ3n) is 2.08. The second kappa shape index (κ2) is 7.05. The highest BCUT2D eigenvalue weighted by Crippen LogP contribution is 2.14. The summed E-state index contributed by atoms with van der Waals surface area (Å²) in [5, 5.41) is 2.01. The van der Waals surface area contributed by atoms with Gasteiger partial charge in [-0.15, -0.1) is 0 Å². The van der Waals surface area contributed by atoms with Crippen molar-refractivity contribution in [1.29, 1.82) is 0 Å². The van der Waals surface area contributed by atoms with Crippen LogP contribution in [0.2, 0.25) is 0 Å². The predicted molar refractivity (Wildman–Crippen MR) is 51.9 cm³/mol. The molecule has 1 N–H and O–H groups in total. The fourth-order valence-corrected chi connectivity index (χ4v) is 1.32. The van der Waals surface area contributed by atoms with E-state index in [2.05, 4.69) is 10.2 Å². The van der Waals surface area contributed by atoms with Gasteiger partial charge in [-0.1, -0.05) is 0 Å². The Balaban J connectivity index is 1.87. The lowest BCUT2D eigenvalue weighted by Crippen LogP contribution is -2.46. The van der Waals surface area contributed by atoms with Gasteiger partial charge < -0.3 is 9.47 Å². The molecule has 0 aromatic rings. The first-order chi connectivity index (χ1) is 7.58. The van der Waals surface area contributed by atoms with Gasteiger partial charge in [0.25, 0.3) is 0 Å². The van der Waals surface area contributed by atoms with E-state index in [9.17, 15) is 13.2 Å². The van der Waals surface area contributed by atoms with Gasteiger partial charge in [-0.2, -0.15) is 13.2 Å². The van der Waals surface area contributed by atoms with E-state index in [0.717, 1.165) is 13.1 Å². The van der Waals surface area contributed by atoms with Crippen molar-refractivity contribution in [1.82, 2.24) is 10.4 Å². The number of morpholine rings is 1.